The first-order valence-electron chi connectivity index (χ1n) is 9.90. The first-order valence-corrected chi connectivity index (χ1v) is 10.9. The second-order valence-electron chi connectivity index (χ2n) is 7.66. The van der Waals surface area contributed by atoms with Gasteiger partial charge in [-0.25, -0.2) is 0 Å². The Morgan fingerprint density at radius 3 is 2.89 bits per heavy atom. The van der Waals surface area contributed by atoms with Crippen LogP contribution in [0.4, 0.5) is 0 Å². The van der Waals surface area contributed by atoms with Gasteiger partial charge in [-0.05, 0) is 42.9 Å². The number of carbonyl (C=O) groups is 1. The Labute approximate surface area is 167 Å². The van der Waals surface area contributed by atoms with Gasteiger partial charge < -0.3 is 18.8 Å². The summed E-state index contributed by atoms with van der Waals surface area (Å²) in [4.78, 5) is 14.7. The zero-order valence-corrected chi connectivity index (χ0v) is 16.5. The minimum absolute atomic E-state index is 0.164. The molecular formula is C20H23N3O4S. The molecule has 0 spiro atoms. The van der Waals surface area contributed by atoms with E-state index >= 15 is 0 Å². The predicted octanol–water partition coefficient (Wildman–Crippen LogP) is 3.60. The third-order valence-corrected chi connectivity index (χ3v) is 6.79. The number of piperidine rings is 1. The highest BCUT2D eigenvalue weighted by molar-refractivity contribution is 7.99. The van der Waals surface area contributed by atoms with Crippen LogP contribution >= 0.6 is 11.8 Å². The number of nitrogens with zero attached hydrogens (tertiary/aromatic N) is 3. The van der Waals surface area contributed by atoms with Crippen molar-refractivity contribution in [3.8, 4) is 23.0 Å². The molecule has 7 nitrogen and oxygen atoms in total. The van der Waals surface area contributed by atoms with Gasteiger partial charge in [-0.1, -0.05) is 31.0 Å². The third-order valence-electron chi connectivity index (χ3n) is 5.99. The molecule has 1 saturated carbocycles. The van der Waals surface area contributed by atoms with Crippen molar-refractivity contribution in [3.05, 3.63) is 18.2 Å². The normalized spacial score (nSPS) is 23.5. The Hall–Kier alpha value is -2.22. The van der Waals surface area contributed by atoms with Crippen LogP contribution in [0.1, 0.15) is 32.1 Å². The smallest absolute Gasteiger partial charge is 0.277 e. The molecule has 148 valence electrons. The lowest BCUT2D eigenvalue weighted by atomic mass is 9.75. The average molecular weight is 401 g/mol. The summed E-state index contributed by atoms with van der Waals surface area (Å²) >= 11 is 1.31. The van der Waals surface area contributed by atoms with Crippen LogP contribution in [0.2, 0.25) is 0 Å². The molecule has 1 aromatic heterocycles. The molecule has 1 saturated heterocycles. The maximum Gasteiger partial charge on any atom is 0.277 e. The number of benzene rings is 1. The lowest BCUT2D eigenvalue weighted by Gasteiger charge is -2.41. The van der Waals surface area contributed by atoms with Gasteiger partial charge in [0, 0.05) is 18.7 Å². The predicted molar refractivity (Wildman–Crippen MR) is 103 cm³/mol. The number of aromatic nitrogens is 2. The Morgan fingerprint density at radius 1 is 1.11 bits per heavy atom. The van der Waals surface area contributed by atoms with Crippen LogP contribution in [0.15, 0.2) is 27.8 Å². The molecule has 2 aromatic rings. The molecule has 0 unspecified atom stereocenters. The van der Waals surface area contributed by atoms with Crippen molar-refractivity contribution in [1.29, 1.82) is 0 Å². The van der Waals surface area contributed by atoms with E-state index in [1.165, 1.54) is 37.4 Å². The maximum atomic E-state index is 12.6. The summed E-state index contributed by atoms with van der Waals surface area (Å²) in [5.41, 5.74) is 0.772. The molecule has 1 aliphatic carbocycles. The van der Waals surface area contributed by atoms with Crippen LogP contribution in [0.25, 0.3) is 11.5 Å². The average Bonchev–Trinajstić information content (AvgIpc) is 3.40. The summed E-state index contributed by atoms with van der Waals surface area (Å²) in [6.07, 6.45) is 6.42. The lowest BCUT2D eigenvalue weighted by Crippen LogP contribution is -2.45. The maximum absolute atomic E-state index is 12.6. The Kier molecular flexibility index (Phi) is 4.88. The zero-order chi connectivity index (χ0) is 18.9. The van der Waals surface area contributed by atoms with E-state index in [1.807, 2.05) is 23.1 Å². The number of hydrogen-bond donors (Lipinski definition) is 0. The third kappa shape index (κ3) is 3.57. The fraction of sp³-hybridized carbons (Fsp3) is 0.550. The minimum atomic E-state index is 0.164. The van der Waals surface area contributed by atoms with Crippen molar-refractivity contribution in [3.63, 3.8) is 0 Å². The zero-order valence-electron chi connectivity index (χ0n) is 15.6. The Morgan fingerprint density at radius 2 is 1.96 bits per heavy atom. The fourth-order valence-electron chi connectivity index (χ4n) is 4.46. The molecule has 0 bridgehead atoms. The van der Waals surface area contributed by atoms with E-state index in [0.29, 0.717) is 34.3 Å². The van der Waals surface area contributed by atoms with E-state index in [0.717, 1.165) is 31.0 Å². The number of ether oxygens (including phenoxy) is 2. The van der Waals surface area contributed by atoms with Crippen molar-refractivity contribution < 1.29 is 18.7 Å². The highest BCUT2D eigenvalue weighted by atomic mass is 32.2. The number of hydrogen-bond acceptors (Lipinski definition) is 7. The summed E-state index contributed by atoms with van der Waals surface area (Å²) in [5.74, 6) is 3.81. The molecule has 0 radical (unpaired) electrons. The molecule has 2 fully saturated rings. The highest BCUT2D eigenvalue weighted by Gasteiger charge is 2.32. The molecule has 8 heteroatoms. The molecule has 1 amide bonds. The minimum Gasteiger partial charge on any atom is -0.454 e. The van der Waals surface area contributed by atoms with E-state index < -0.39 is 0 Å². The van der Waals surface area contributed by atoms with Crippen LogP contribution in [-0.4, -0.2) is 46.6 Å². The van der Waals surface area contributed by atoms with Crippen LogP contribution in [0, 0.1) is 11.8 Å². The van der Waals surface area contributed by atoms with Crippen molar-refractivity contribution in [2.24, 2.45) is 11.8 Å². The lowest BCUT2D eigenvalue weighted by molar-refractivity contribution is -0.131. The Balaban J connectivity index is 1.18. The molecule has 3 aliphatic rings. The van der Waals surface area contributed by atoms with Gasteiger partial charge in [0.05, 0.1) is 5.75 Å². The Bertz CT molecular complexity index is 871. The number of likely N-dealkylation sites (tertiary alicyclic amines) is 1. The van der Waals surface area contributed by atoms with Gasteiger partial charge in [-0.15, -0.1) is 10.2 Å². The largest absolute Gasteiger partial charge is 0.454 e. The van der Waals surface area contributed by atoms with Crippen LogP contribution in [0.3, 0.4) is 0 Å². The van der Waals surface area contributed by atoms with Crippen LogP contribution in [-0.2, 0) is 4.79 Å². The summed E-state index contributed by atoms with van der Waals surface area (Å²) in [6, 6.07) is 5.51. The second-order valence-corrected chi connectivity index (χ2v) is 8.59. The van der Waals surface area contributed by atoms with Crippen molar-refractivity contribution in [2.75, 3.05) is 25.6 Å². The number of fused-ring (bicyclic) bond motifs is 2. The van der Waals surface area contributed by atoms with Gasteiger partial charge >= 0.3 is 0 Å². The second kappa shape index (κ2) is 7.66. The topological polar surface area (TPSA) is 77.7 Å². The first kappa shape index (κ1) is 17.8. The summed E-state index contributed by atoms with van der Waals surface area (Å²) in [7, 11) is 0. The molecule has 1 aromatic carbocycles. The van der Waals surface area contributed by atoms with Crippen molar-refractivity contribution in [2.45, 2.75) is 37.3 Å². The van der Waals surface area contributed by atoms with Gasteiger partial charge in [0.1, 0.15) is 0 Å². The number of thioether (sulfide) groups is 1. The molecule has 5 rings (SSSR count). The number of rotatable bonds is 4. The van der Waals surface area contributed by atoms with Gasteiger partial charge in [-0.3, -0.25) is 4.79 Å². The molecule has 0 N–H and O–H groups in total. The SMILES string of the molecule is O=C(CSc1nnc(-c2ccc3c(c2)OCO3)o1)N1CC[C@@H]2CCCC[C@H]2C1. The van der Waals surface area contributed by atoms with E-state index in [1.54, 1.807) is 0 Å². The fourth-order valence-corrected chi connectivity index (χ4v) is 5.12. The van der Waals surface area contributed by atoms with Crippen LogP contribution < -0.4 is 9.47 Å². The number of carbonyl (C=O) groups excluding carboxylic acids is 1. The van der Waals surface area contributed by atoms with E-state index in [4.69, 9.17) is 13.9 Å². The summed E-state index contributed by atoms with van der Waals surface area (Å²) in [6.45, 7) is 2.02. The standard InChI is InChI=1S/C20H23N3O4S/c24-18(23-8-7-13-3-1-2-4-15(13)10-23)11-28-20-22-21-19(27-20)14-5-6-16-17(9-14)26-12-25-16/h5-6,9,13,15H,1-4,7-8,10-12H2/t13-,15-/m0/s1. The van der Waals surface area contributed by atoms with E-state index in [-0.39, 0.29) is 12.7 Å². The highest BCUT2D eigenvalue weighted by Crippen LogP contribution is 2.37. The quantitative estimate of drug-likeness (QED) is 0.725. The first-order chi connectivity index (χ1) is 13.8. The van der Waals surface area contributed by atoms with Gasteiger partial charge in [0.25, 0.3) is 5.22 Å². The van der Waals surface area contributed by atoms with E-state index in [2.05, 4.69) is 10.2 Å². The van der Waals surface area contributed by atoms with Gasteiger partial charge in [0.2, 0.25) is 18.6 Å². The van der Waals surface area contributed by atoms with Crippen molar-refractivity contribution in [1.82, 2.24) is 15.1 Å². The summed E-state index contributed by atoms with van der Waals surface area (Å²) < 4.78 is 16.4. The molecule has 2 atom stereocenters. The van der Waals surface area contributed by atoms with Gasteiger partial charge in [0.15, 0.2) is 11.5 Å². The van der Waals surface area contributed by atoms with Gasteiger partial charge in [-0.2, -0.15) is 0 Å². The molecule has 28 heavy (non-hydrogen) atoms. The van der Waals surface area contributed by atoms with Crippen LogP contribution in [0.5, 0.6) is 11.5 Å². The molecule has 3 heterocycles. The molecule has 2 aliphatic heterocycles. The van der Waals surface area contributed by atoms with E-state index in [9.17, 15) is 4.79 Å². The molecular weight excluding hydrogens is 378 g/mol. The summed E-state index contributed by atoms with van der Waals surface area (Å²) in [5, 5.41) is 8.58. The van der Waals surface area contributed by atoms with Crippen molar-refractivity contribution >= 4 is 17.7 Å². The number of amides is 1. The monoisotopic (exact) mass is 401 g/mol.